The van der Waals surface area contributed by atoms with Crippen LogP contribution in [-0.4, -0.2) is 32.2 Å². The Morgan fingerprint density at radius 3 is 1.42 bits per heavy atom. The summed E-state index contributed by atoms with van der Waals surface area (Å²) in [6, 6.07) is 0. The molecule has 0 aliphatic heterocycles. The minimum absolute atomic E-state index is 0.200. The van der Waals surface area contributed by atoms with Crippen LogP contribution in [0.1, 0.15) is 0 Å². The molecule has 0 bridgehead atoms. The molecule has 0 spiro atoms. The van der Waals surface area contributed by atoms with Crippen LogP contribution in [0.15, 0.2) is 0 Å². The normalized spacial score (nSPS) is 14.5. The van der Waals surface area contributed by atoms with E-state index in [1.807, 2.05) is 0 Å². The highest BCUT2D eigenvalue weighted by atomic mass is 35.5. The monoisotopic (exact) mass is 243 g/mol. The van der Waals surface area contributed by atoms with Gasteiger partial charge in [0.2, 0.25) is 0 Å². The van der Waals surface area contributed by atoms with E-state index in [9.17, 15) is 0 Å². The first-order valence-electron chi connectivity index (χ1n) is 4.12. The Bertz CT molecular complexity index is 154. The van der Waals surface area contributed by atoms with E-state index in [-0.39, 0.29) is 4.46 Å². The van der Waals surface area contributed by atoms with Crippen molar-refractivity contribution in [1.29, 1.82) is 0 Å². The average molecular weight is 244 g/mol. The summed E-state index contributed by atoms with van der Waals surface area (Å²) >= 11 is 12.0. The topological polar surface area (TPSA) is 3.24 Å². The van der Waals surface area contributed by atoms with Gasteiger partial charge in [0.25, 0.3) is 0 Å². The molecule has 0 atom stereocenters. The van der Waals surface area contributed by atoms with Gasteiger partial charge in [0.1, 0.15) is 12.7 Å². The van der Waals surface area contributed by atoms with E-state index in [1.165, 1.54) is 0 Å². The van der Waals surface area contributed by atoms with E-state index >= 15 is 0 Å². The molecule has 0 fully saturated rings. The summed E-state index contributed by atoms with van der Waals surface area (Å²) in [5.74, 6) is 0. The van der Waals surface area contributed by atoms with Crippen molar-refractivity contribution in [2.75, 3.05) is 7.05 Å². The summed E-state index contributed by atoms with van der Waals surface area (Å²) in [6.45, 7) is 11.4. The second-order valence-electron chi connectivity index (χ2n) is 4.68. The molecule has 0 heterocycles. The van der Waals surface area contributed by atoms with E-state index in [0.29, 0.717) is 0 Å². The van der Waals surface area contributed by atoms with Crippen molar-refractivity contribution >= 4 is 39.7 Å². The largest absolute Gasteiger partial charge is 0.347 e. The standard InChI is InChI=1S/C7H19Cl2NSi2/c1-10(11(2,3)4)12(5,6)7(8)9/h7H,1-6H3. The second kappa shape index (κ2) is 4.01. The fourth-order valence-electron chi connectivity index (χ4n) is 1.01. The number of alkyl halides is 2. The highest BCUT2D eigenvalue weighted by Crippen LogP contribution is 2.25. The molecule has 0 rings (SSSR count). The first-order valence-corrected chi connectivity index (χ1v) is 11.5. The van der Waals surface area contributed by atoms with Gasteiger partial charge >= 0.3 is 0 Å². The fraction of sp³-hybridized carbons (Fsp3) is 1.00. The molecule has 0 aromatic carbocycles. The van der Waals surface area contributed by atoms with E-state index in [0.717, 1.165) is 0 Å². The first-order chi connectivity index (χ1) is 5.10. The van der Waals surface area contributed by atoms with Crippen LogP contribution >= 0.6 is 23.2 Å². The van der Waals surface area contributed by atoms with Crippen molar-refractivity contribution in [3.8, 4) is 0 Å². The molecule has 0 aliphatic carbocycles. The molecular formula is C7H19Cl2NSi2. The zero-order valence-electron chi connectivity index (χ0n) is 8.78. The van der Waals surface area contributed by atoms with Crippen molar-refractivity contribution in [3.05, 3.63) is 0 Å². The van der Waals surface area contributed by atoms with Gasteiger partial charge in [0, 0.05) is 0 Å². The minimum Gasteiger partial charge on any atom is -0.347 e. The lowest BCUT2D eigenvalue weighted by Crippen LogP contribution is -2.61. The first kappa shape index (κ1) is 13.0. The van der Waals surface area contributed by atoms with Crippen molar-refractivity contribution in [2.45, 2.75) is 37.2 Å². The zero-order valence-corrected chi connectivity index (χ0v) is 12.3. The minimum atomic E-state index is -1.59. The lowest BCUT2D eigenvalue weighted by atomic mass is 11.6. The van der Waals surface area contributed by atoms with Crippen LogP contribution in [0.2, 0.25) is 32.7 Å². The smallest absolute Gasteiger partial charge is 0.151 e. The van der Waals surface area contributed by atoms with Gasteiger partial charge in [-0.05, 0) is 7.05 Å². The number of halogens is 2. The van der Waals surface area contributed by atoms with Gasteiger partial charge in [0.05, 0.1) is 0 Å². The van der Waals surface area contributed by atoms with Crippen molar-refractivity contribution in [1.82, 2.24) is 4.23 Å². The Morgan fingerprint density at radius 1 is 1.00 bits per heavy atom. The van der Waals surface area contributed by atoms with Crippen LogP contribution in [0.3, 0.4) is 0 Å². The van der Waals surface area contributed by atoms with E-state index < -0.39 is 16.5 Å². The van der Waals surface area contributed by atoms with Crippen LogP contribution in [0.25, 0.3) is 0 Å². The molecular weight excluding hydrogens is 225 g/mol. The molecule has 12 heavy (non-hydrogen) atoms. The number of rotatable bonds is 3. The van der Waals surface area contributed by atoms with Crippen LogP contribution < -0.4 is 0 Å². The maximum absolute atomic E-state index is 5.98. The van der Waals surface area contributed by atoms with Gasteiger partial charge in [-0.1, -0.05) is 32.7 Å². The maximum atomic E-state index is 5.98. The molecule has 0 radical (unpaired) electrons. The van der Waals surface area contributed by atoms with Crippen molar-refractivity contribution in [3.63, 3.8) is 0 Å². The summed E-state index contributed by atoms with van der Waals surface area (Å²) in [4.78, 5) is 0. The maximum Gasteiger partial charge on any atom is 0.151 e. The summed E-state index contributed by atoms with van der Waals surface area (Å²) in [5, 5.41) is 0. The number of hydrogen-bond donors (Lipinski definition) is 0. The quantitative estimate of drug-likeness (QED) is 0.544. The van der Waals surface area contributed by atoms with Gasteiger partial charge in [0.15, 0.2) is 8.24 Å². The lowest BCUT2D eigenvalue weighted by Gasteiger charge is -2.43. The predicted molar refractivity (Wildman–Crippen MR) is 64.1 cm³/mol. The molecule has 74 valence electrons. The molecule has 0 unspecified atom stereocenters. The molecule has 1 nitrogen and oxygen atoms in total. The van der Waals surface area contributed by atoms with Gasteiger partial charge in [-0.3, -0.25) is 0 Å². The Labute approximate surface area is 88.2 Å². The number of nitrogens with zero attached hydrogens (tertiary/aromatic N) is 1. The summed E-state index contributed by atoms with van der Waals surface area (Å²) in [5.41, 5.74) is 0. The highest BCUT2D eigenvalue weighted by Gasteiger charge is 2.39. The highest BCUT2D eigenvalue weighted by molar-refractivity contribution is 6.97. The molecule has 0 saturated heterocycles. The Hall–Kier alpha value is 0.974. The molecule has 0 N–H and O–H groups in total. The summed E-state index contributed by atoms with van der Waals surface area (Å²) in [6.07, 6.45) is 0. The number of hydrogen-bond acceptors (Lipinski definition) is 1. The van der Waals surface area contributed by atoms with E-state index in [2.05, 4.69) is 44.0 Å². The zero-order chi connectivity index (χ0) is 10.2. The predicted octanol–water partition coefficient (Wildman–Crippen LogP) is 3.30. The second-order valence-corrected chi connectivity index (χ2v) is 16.5. The van der Waals surface area contributed by atoms with E-state index in [4.69, 9.17) is 23.2 Å². The Morgan fingerprint density at radius 2 is 1.33 bits per heavy atom. The molecule has 5 heteroatoms. The summed E-state index contributed by atoms with van der Waals surface area (Å²) in [7, 11) is -0.663. The third-order valence-corrected chi connectivity index (χ3v) is 14.2. The Kier molecular flexibility index (Phi) is 4.33. The van der Waals surface area contributed by atoms with Gasteiger partial charge < -0.3 is 4.23 Å². The molecule has 0 saturated carbocycles. The average Bonchev–Trinajstić information content (AvgIpc) is 1.83. The van der Waals surface area contributed by atoms with Crippen LogP contribution in [0.4, 0.5) is 0 Å². The third kappa shape index (κ3) is 3.03. The van der Waals surface area contributed by atoms with Gasteiger partial charge in [-0.15, -0.1) is 23.2 Å². The summed E-state index contributed by atoms with van der Waals surface area (Å²) < 4.78 is 2.26. The third-order valence-electron chi connectivity index (χ3n) is 2.40. The van der Waals surface area contributed by atoms with Crippen LogP contribution in [-0.2, 0) is 0 Å². The molecule has 0 aliphatic rings. The molecule has 0 aromatic heterocycles. The lowest BCUT2D eigenvalue weighted by molar-refractivity contribution is 0.752. The fourth-order valence-corrected chi connectivity index (χ4v) is 9.98. The van der Waals surface area contributed by atoms with E-state index in [1.54, 1.807) is 0 Å². The van der Waals surface area contributed by atoms with Crippen molar-refractivity contribution in [2.24, 2.45) is 0 Å². The molecule has 0 amide bonds. The Balaban J connectivity index is 4.57. The van der Waals surface area contributed by atoms with Gasteiger partial charge in [-0.2, -0.15) is 0 Å². The van der Waals surface area contributed by atoms with Crippen LogP contribution in [0, 0.1) is 0 Å². The SMILES string of the molecule is CN([Si](C)(C)C)[Si](C)(C)C(Cl)Cl. The molecule has 0 aromatic rings. The van der Waals surface area contributed by atoms with Crippen LogP contribution in [0.5, 0.6) is 0 Å². The van der Waals surface area contributed by atoms with Gasteiger partial charge in [-0.25, -0.2) is 0 Å². The van der Waals surface area contributed by atoms with Crippen molar-refractivity contribution < 1.29 is 0 Å².